The number of methoxy groups -OCH3 is 1. The summed E-state index contributed by atoms with van der Waals surface area (Å²) in [7, 11) is 1.71. The van der Waals surface area contributed by atoms with Crippen LogP contribution in [0.3, 0.4) is 0 Å². The zero-order chi connectivity index (χ0) is 13.8. The Morgan fingerprint density at radius 3 is 3.00 bits per heavy atom. The Kier molecular flexibility index (Phi) is 4.61. The molecule has 2 aromatic rings. The molecule has 0 bridgehead atoms. The Hall–Kier alpha value is -1.33. The number of imidazole rings is 1. The third kappa shape index (κ3) is 3.36. The van der Waals surface area contributed by atoms with E-state index in [2.05, 4.69) is 56.8 Å². The van der Waals surface area contributed by atoms with E-state index in [4.69, 9.17) is 4.74 Å². The lowest BCUT2D eigenvalue weighted by atomic mass is 10.2. The lowest BCUT2D eigenvalue weighted by Gasteiger charge is -2.17. The summed E-state index contributed by atoms with van der Waals surface area (Å²) in [6.07, 6.45) is 3.75. The van der Waals surface area contributed by atoms with Crippen molar-refractivity contribution in [1.29, 1.82) is 0 Å². The number of anilines is 2. The summed E-state index contributed by atoms with van der Waals surface area (Å²) < 4.78 is 8.31. The molecule has 5 heteroatoms. The molecule has 1 aromatic heterocycles. The average Bonchev–Trinajstić information content (AvgIpc) is 2.82. The molecule has 2 rings (SSSR count). The van der Waals surface area contributed by atoms with Crippen molar-refractivity contribution < 1.29 is 4.74 Å². The highest BCUT2D eigenvalue weighted by atomic mass is 79.9. The predicted molar refractivity (Wildman–Crippen MR) is 81.0 cm³/mol. The summed E-state index contributed by atoms with van der Waals surface area (Å²) in [5.74, 6) is 0.825. The number of aryl methyl sites for hydroxylation is 1. The molecular weight excluding hydrogens is 306 g/mol. The minimum absolute atomic E-state index is 0.238. The molecule has 0 aliphatic carbocycles. The molecule has 1 heterocycles. The van der Waals surface area contributed by atoms with Crippen LogP contribution in [0.25, 0.3) is 0 Å². The fourth-order valence-electron chi connectivity index (χ4n) is 1.94. The maximum absolute atomic E-state index is 5.19. The van der Waals surface area contributed by atoms with Gasteiger partial charge in [-0.05, 0) is 31.5 Å². The van der Waals surface area contributed by atoms with Crippen LogP contribution in [0.5, 0.6) is 0 Å². The van der Waals surface area contributed by atoms with Gasteiger partial charge in [-0.15, -0.1) is 0 Å². The number of nitrogens with one attached hydrogen (secondary N) is 1. The van der Waals surface area contributed by atoms with E-state index in [1.54, 1.807) is 13.3 Å². The lowest BCUT2D eigenvalue weighted by Crippen LogP contribution is -2.13. The van der Waals surface area contributed by atoms with E-state index in [0.717, 1.165) is 16.1 Å². The molecule has 0 amide bonds. The molecule has 0 radical (unpaired) electrons. The highest BCUT2D eigenvalue weighted by Crippen LogP contribution is 2.25. The normalized spacial score (nSPS) is 12.4. The van der Waals surface area contributed by atoms with Crippen LogP contribution in [0.1, 0.15) is 18.5 Å². The Labute approximate surface area is 121 Å². The molecule has 0 aliphatic rings. The number of hydrogen-bond acceptors (Lipinski definition) is 3. The summed E-state index contributed by atoms with van der Waals surface area (Å²) in [6, 6.07) is 6.39. The van der Waals surface area contributed by atoms with Crippen LogP contribution in [0.4, 0.5) is 11.6 Å². The smallest absolute Gasteiger partial charge is 0.207 e. The fraction of sp³-hybridized carbons (Fsp3) is 0.357. The summed E-state index contributed by atoms with van der Waals surface area (Å²) in [5, 5.41) is 3.37. The second-order valence-corrected chi connectivity index (χ2v) is 5.46. The van der Waals surface area contributed by atoms with E-state index in [-0.39, 0.29) is 6.04 Å². The van der Waals surface area contributed by atoms with Crippen molar-refractivity contribution in [3.63, 3.8) is 0 Å². The second-order valence-electron chi connectivity index (χ2n) is 4.55. The molecule has 0 spiro atoms. The summed E-state index contributed by atoms with van der Waals surface area (Å²) in [6.45, 7) is 4.83. The second kappa shape index (κ2) is 6.21. The maximum Gasteiger partial charge on any atom is 0.207 e. The number of halogens is 1. The van der Waals surface area contributed by atoms with Crippen molar-refractivity contribution in [2.24, 2.45) is 0 Å². The van der Waals surface area contributed by atoms with Gasteiger partial charge in [0.05, 0.1) is 12.6 Å². The molecule has 1 atom stereocenters. The summed E-state index contributed by atoms with van der Waals surface area (Å²) >= 11 is 3.49. The number of aromatic nitrogens is 2. The van der Waals surface area contributed by atoms with E-state index < -0.39 is 0 Å². The number of nitrogens with zero attached hydrogens (tertiary/aromatic N) is 2. The van der Waals surface area contributed by atoms with Crippen LogP contribution in [0.2, 0.25) is 0 Å². The van der Waals surface area contributed by atoms with Crippen LogP contribution in [-0.4, -0.2) is 23.3 Å². The molecular formula is C14H18BrN3O. The van der Waals surface area contributed by atoms with Gasteiger partial charge in [-0.25, -0.2) is 4.98 Å². The molecule has 1 N–H and O–H groups in total. The number of rotatable bonds is 5. The van der Waals surface area contributed by atoms with Crippen molar-refractivity contribution in [3.05, 3.63) is 40.6 Å². The quantitative estimate of drug-likeness (QED) is 0.906. The molecule has 0 saturated carbocycles. The standard InChI is InChI=1S/C14H18BrN3O/c1-10-4-5-12(15)8-13(10)17-14-16-6-7-18(14)11(2)9-19-3/h4-8,11H,9H2,1-3H3,(H,16,17). The topological polar surface area (TPSA) is 39.1 Å². The van der Waals surface area contributed by atoms with Gasteiger partial charge in [-0.1, -0.05) is 22.0 Å². The SMILES string of the molecule is COCC(C)n1ccnc1Nc1cc(Br)ccc1C. The van der Waals surface area contributed by atoms with E-state index in [0.29, 0.717) is 6.61 Å². The van der Waals surface area contributed by atoms with Gasteiger partial charge in [0.15, 0.2) is 0 Å². The number of hydrogen-bond donors (Lipinski definition) is 1. The molecule has 19 heavy (non-hydrogen) atoms. The molecule has 0 fully saturated rings. The van der Waals surface area contributed by atoms with Gasteiger partial charge in [0.1, 0.15) is 0 Å². The van der Waals surface area contributed by atoms with Crippen molar-refractivity contribution in [3.8, 4) is 0 Å². The molecule has 1 aromatic carbocycles. The van der Waals surface area contributed by atoms with Crippen LogP contribution in [-0.2, 0) is 4.74 Å². The Balaban J connectivity index is 2.24. The molecule has 102 valence electrons. The third-order valence-corrected chi connectivity index (χ3v) is 3.49. The van der Waals surface area contributed by atoms with E-state index in [1.165, 1.54) is 5.56 Å². The van der Waals surface area contributed by atoms with E-state index >= 15 is 0 Å². The van der Waals surface area contributed by atoms with Crippen LogP contribution in [0.15, 0.2) is 35.1 Å². The Morgan fingerprint density at radius 2 is 2.26 bits per heavy atom. The zero-order valence-electron chi connectivity index (χ0n) is 11.4. The lowest BCUT2D eigenvalue weighted by molar-refractivity contribution is 0.163. The Morgan fingerprint density at radius 1 is 1.47 bits per heavy atom. The molecule has 0 aliphatic heterocycles. The van der Waals surface area contributed by atoms with Gasteiger partial charge in [-0.3, -0.25) is 0 Å². The highest BCUT2D eigenvalue weighted by molar-refractivity contribution is 9.10. The summed E-state index contributed by atoms with van der Waals surface area (Å²) in [5.41, 5.74) is 2.23. The minimum atomic E-state index is 0.238. The number of benzene rings is 1. The first-order valence-electron chi connectivity index (χ1n) is 6.16. The Bertz CT molecular complexity index is 553. The van der Waals surface area contributed by atoms with Crippen molar-refractivity contribution in [2.75, 3.05) is 19.0 Å². The van der Waals surface area contributed by atoms with Crippen LogP contribution in [0, 0.1) is 6.92 Å². The van der Waals surface area contributed by atoms with Gasteiger partial charge >= 0.3 is 0 Å². The number of ether oxygens (including phenoxy) is 1. The summed E-state index contributed by atoms with van der Waals surface area (Å²) in [4.78, 5) is 4.37. The van der Waals surface area contributed by atoms with Crippen LogP contribution >= 0.6 is 15.9 Å². The van der Waals surface area contributed by atoms with E-state index in [9.17, 15) is 0 Å². The first-order chi connectivity index (χ1) is 9.11. The predicted octanol–water partition coefficient (Wildman–Crippen LogP) is 3.91. The van der Waals surface area contributed by atoms with Gasteiger partial charge in [0.2, 0.25) is 5.95 Å². The van der Waals surface area contributed by atoms with Gasteiger partial charge in [0.25, 0.3) is 0 Å². The van der Waals surface area contributed by atoms with E-state index in [1.807, 2.05) is 12.3 Å². The minimum Gasteiger partial charge on any atom is -0.383 e. The van der Waals surface area contributed by atoms with Gasteiger partial charge < -0.3 is 14.6 Å². The zero-order valence-corrected chi connectivity index (χ0v) is 12.9. The molecule has 4 nitrogen and oxygen atoms in total. The maximum atomic E-state index is 5.19. The first kappa shape index (κ1) is 14.1. The highest BCUT2D eigenvalue weighted by Gasteiger charge is 2.10. The van der Waals surface area contributed by atoms with Gasteiger partial charge in [-0.2, -0.15) is 0 Å². The molecule has 1 unspecified atom stereocenters. The fourth-order valence-corrected chi connectivity index (χ4v) is 2.30. The first-order valence-corrected chi connectivity index (χ1v) is 6.96. The van der Waals surface area contributed by atoms with Crippen molar-refractivity contribution >= 4 is 27.6 Å². The largest absolute Gasteiger partial charge is 0.383 e. The monoisotopic (exact) mass is 323 g/mol. The van der Waals surface area contributed by atoms with Crippen molar-refractivity contribution in [2.45, 2.75) is 19.9 Å². The molecule has 0 saturated heterocycles. The van der Waals surface area contributed by atoms with Gasteiger partial charge in [0, 0.05) is 29.7 Å². The van der Waals surface area contributed by atoms with Crippen molar-refractivity contribution in [1.82, 2.24) is 9.55 Å². The third-order valence-electron chi connectivity index (χ3n) is 3.00. The van der Waals surface area contributed by atoms with Crippen LogP contribution < -0.4 is 5.32 Å². The average molecular weight is 324 g/mol.